The summed E-state index contributed by atoms with van der Waals surface area (Å²) in [5, 5.41) is 9.65. The Morgan fingerprint density at radius 1 is 1.36 bits per heavy atom. The van der Waals surface area contributed by atoms with Crippen LogP contribution >= 0.6 is 15.9 Å². The lowest BCUT2D eigenvalue weighted by atomic mass is 10.1. The molecule has 0 aliphatic rings. The molecule has 0 radical (unpaired) electrons. The topological polar surface area (TPSA) is 20.2 Å². The molecule has 0 heterocycles. The van der Waals surface area contributed by atoms with E-state index in [0.29, 0.717) is 6.42 Å². The van der Waals surface area contributed by atoms with Crippen molar-refractivity contribution in [3.05, 3.63) is 46.0 Å². The number of allylic oxidation sites excluding steroid dienone is 1. The molecule has 0 saturated heterocycles. The van der Waals surface area contributed by atoms with Crippen molar-refractivity contribution in [3.8, 4) is 0 Å². The van der Waals surface area contributed by atoms with Gasteiger partial charge in [0.2, 0.25) is 0 Å². The minimum atomic E-state index is -0.374. The zero-order valence-corrected chi connectivity index (χ0v) is 10.1. The van der Waals surface area contributed by atoms with Crippen LogP contribution in [0.2, 0.25) is 0 Å². The molecule has 1 atom stereocenters. The van der Waals surface area contributed by atoms with Gasteiger partial charge in [0.1, 0.15) is 0 Å². The molecule has 1 N–H and O–H groups in total. The van der Waals surface area contributed by atoms with E-state index in [1.807, 2.05) is 44.2 Å². The van der Waals surface area contributed by atoms with Gasteiger partial charge >= 0.3 is 0 Å². The highest BCUT2D eigenvalue weighted by atomic mass is 79.9. The number of aliphatic hydroxyl groups excluding tert-OH is 1. The van der Waals surface area contributed by atoms with Crippen molar-refractivity contribution < 1.29 is 5.11 Å². The summed E-state index contributed by atoms with van der Waals surface area (Å²) in [6.45, 7) is 3.98. The summed E-state index contributed by atoms with van der Waals surface area (Å²) in [7, 11) is 0. The Hall–Kier alpha value is -0.600. The van der Waals surface area contributed by atoms with Gasteiger partial charge in [-0.2, -0.15) is 0 Å². The van der Waals surface area contributed by atoms with Crippen molar-refractivity contribution in [3.63, 3.8) is 0 Å². The number of rotatable bonds is 3. The second-order valence-electron chi connectivity index (χ2n) is 3.64. The molecular formula is C12H15BrO. The van der Waals surface area contributed by atoms with Crippen molar-refractivity contribution in [2.24, 2.45) is 0 Å². The molecule has 0 spiro atoms. The van der Waals surface area contributed by atoms with E-state index < -0.39 is 0 Å². The first kappa shape index (κ1) is 11.5. The van der Waals surface area contributed by atoms with E-state index in [0.717, 1.165) is 15.6 Å². The fourth-order valence-electron chi connectivity index (χ4n) is 1.31. The van der Waals surface area contributed by atoms with Gasteiger partial charge in [-0.15, -0.1) is 0 Å². The molecule has 0 saturated carbocycles. The van der Waals surface area contributed by atoms with Crippen LogP contribution in [-0.2, 0) is 6.42 Å². The Morgan fingerprint density at radius 3 is 2.43 bits per heavy atom. The zero-order chi connectivity index (χ0) is 10.6. The predicted molar refractivity (Wildman–Crippen MR) is 63.3 cm³/mol. The van der Waals surface area contributed by atoms with Crippen LogP contribution in [0.15, 0.2) is 40.4 Å². The Morgan fingerprint density at radius 2 is 1.93 bits per heavy atom. The Balaban J connectivity index is 2.61. The molecule has 0 fully saturated rings. The molecule has 0 aromatic heterocycles. The third-order valence-corrected chi connectivity index (χ3v) is 2.41. The van der Waals surface area contributed by atoms with E-state index in [1.54, 1.807) is 0 Å². The highest BCUT2D eigenvalue weighted by Crippen LogP contribution is 2.12. The van der Waals surface area contributed by atoms with E-state index in [1.165, 1.54) is 0 Å². The second-order valence-corrected chi connectivity index (χ2v) is 4.56. The Labute approximate surface area is 93.6 Å². The third kappa shape index (κ3) is 4.07. The molecule has 1 aromatic rings. The quantitative estimate of drug-likeness (QED) is 0.821. The first-order valence-corrected chi connectivity index (χ1v) is 5.45. The van der Waals surface area contributed by atoms with Gasteiger partial charge in [0.25, 0.3) is 0 Å². The van der Waals surface area contributed by atoms with Crippen LogP contribution in [-0.4, -0.2) is 11.2 Å². The van der Waals surface area contributed by atoms with Crippen molar-refractivity contribution >= 4 is 15.9 Å². The maximum absolute atomic E-state index is 9.65. The first-order chi connectivity index (χ1) is 6.58. The minimum absolute atomic E-state index is 0.374. The lowest BCUT2D eigenvalue weighted by molar-refractivity contribution is 0.223. The van der Waals surface area contributed by atoms with Crippen molar-refractivity contribution in [1.82, 2.24) is 0 Å². The molecule has 1 aromatic carbocycles. The van der Waals surface area contributed by atoms with Gasteiger partial charge in [-0.25, -0.2) is 0 Å². The van der Waals surface area contributed by atoms with Crippen LogP contribution in [0.3, 0.4) is 0 Å². The largest absolute Gasteiger partial charge is 0.389 e. The fourth-order valence-corrected chi connectivity index (χ4v) is 1.57. The van der Waals surface area contributed by atoms with Crippen molar-refractivity contribution in [2.45, 2.75) is 26.4 Å². The Bertz CT molecular complexity index is 310. The van der Waals surface area contributed by atoms with Crippen LogP contribution < -0.4 is 0 Å². The van der Waals surface area contributed by atoms with Crippen LogP contribution in [0.1, 0.15) is 19.4 Å². The SMILES string of the molecule is CC(C)=CC(O)Cc1ccc(Br)cc1. The van der Waals surface area contributed by atoms with Gasteiger partial charge in [-0.3, -0.25) is 0 Å². The summed E-state index contributed by atoms with van der Waals surface area (Å²) in [6, 6.07) is 8.02. The lowest BCUT2D eigenvalue weighted by Gasteiger charge is -2.06. The summed E-state index contributed by atoms with van der Waals surface area (Å²) in [5.74, 6) is 0. The summed E-state index contributed by atoms with van der Waals surface area (Å²) in [6.07, 6.45) is 2.18. The van der Waals surface area contributed by atoms with Crippen LogP contribution in [0.5, 0.6) is 0 Å². The highest BCUT2D eigenvalue weighted by molar-refractivity contribution is 9.10. The second kappa shape index (κ2) is 5.32. The summed E-state index contributed by atoms with van der Waals surface area (Å²) in [4.78, 5) is 0. The zero-order valence-electron chi connectivity index (χ0n) is 8.50. The fraction of sp³-hybridized carbons (Fsp3) is 0.333. The maximum atomic E-state index is 9.65. The molecule has 1 unspecified atom stereocenters. The Kier molecular flexibility index (Phi) is 4.36. The number of aliphatic hydroxyl groups is 1. The molecule has 0 amide bonds. The number of halogens is 1. The van der Waals surface area contributed by atoms with Crippen LogP contribution in [0, 0.1) is 0 Å². The van der Waals surface area contributed by atoms with Crippen LogP contribution in [0.25, 0.3) is 0 Å². The molecule has 76 valence electrons. The van der Waals surface area contributed by atoms with E-state index in [2.05, 4.69) is 15.9 Å². The van der Waals surface area contributed by atoms with E-state index >= 15 is 0 Å². The molecule has 2 heteroatoms. The molecule has 0 aliphatic carbocycles. The van der Waals surface area contributed by atoms with Crippen molar-refractivity contribution in [1.29, 1.82) is 0 Å². The van der Waals surface area contributed by atoms with E-state index in [-0.39, 0.29) is 6.10 Å². The minimum Gasteiger partial charge on any atom is -0.389 e. The molecule has 0 bridgehead atoms. The molecule has 0 aliphatic heterocycles. The highest BCUT2D eigenvalue weighted by Gasteiger charge is 2.01. The molecular weight excluding hydrogens is 240 g/mol. The average Bonchev–Trinajstić information content (AvgIpc) is 2.07. The normalized spacial score (nSPS) is 12.3. The molecule has 14 heavy (non-hydrogen) atoms. The van der Waals surface area contributed by atoms with Gasteiger partial charge in [0, 0.05) is 10.9 Å². The third-order valence-electron chi connectivity index (χ3n) is 1.88. The van der Waals surface area contributed by atoms with Gasteiger partial charge in [-0.05, 0) is 31.5 Å². The molecule has 1 rings (SSSR count). The number of hydrogen-bond donors (Lipinski definition) is 1. The lowest BCUT2D eigenvalue weighted by Crippen LogP contribution is -2.06. The average molecular weight is 255 g/mol. The summed E-state index contributed by atoms with van der Waals surface area (Å²) in [5.41, 5.74) is 2.30. The number of hydrogen-bond acceptors (Lipinski definition) is 1. The summed E-state index contributed by atoms with van der Waals surface area (Å²) >= 11 is 3.38. The standard InChI is InChI=1S/C12H15BrO/c1-9(2)7-12(14)8-10-3-5-11(13)6-4-10/h3-7,12,14H,8H2,1-2H3. The van der Waals surface area contributed by atoms with E-state index in [4.69, 9.17) is 0 Å². The van der Waals surface area contributed by atoms with Crippen molar-refractivity contribution in [2.75, 3.05) is 0 Å². The van der Waals surface area contributed by atoms with Gasteiger partial charge < -0.3 is 5.11 Å². The van der Waals surface area contributed by atoms with Gasteiger partial charge in [0.05, 0.1) is 6.10 Å². The first-order valence-electron chi connectivity index (χ1n) is 4.65. The monoisotopic (exact) mass is 254 g/mol. The molecule has 1 nitrogen and oxygen atoms in total. The van der Waals surface area contributed by atoms with E-state index in [9.17, 15) is 5.11 Å². The van der Waals surface area contributed by atoms with Crippen LogP contribution in [0.4, 0.5) is 0 Å². The predicted octanol–water partition coefficient (Wildman–Crippen LogP) is 3.32. The maximum Gasteiger partial charge on any atom is 0.0763 e. The number of benzene rings is 1. The van der Waals surface area contributed by atoms with Gasteiger partial charge in [-0.1, -0.05) is 39.7 Å². The summed E-state index contributed by atoms with van der Waals surface area (Å²) < 4.78 is 1.07. The smallest absolute Gasteiger partial charge is 0.0763 e. The van der Waals surface area contributed by atoms with Gasteiger partial charge in [0.15, 0.2) is 0 Å².